The first kappa shape index (κ1) is 17.4. The van der Waals surface area contributed by atoms with Gasteiger partial charge in [-0.25, -0.2) is 4.79 Å². The quantitative estimate of drug-likeness (QED) is 0.651. The molecule has 0 saturated heterocycles. The summed E-state index contributed by atoms with van der Waals surface area (Å²) >= 11 is 0. The first-order valence-corrected chi connectivity index (χ1v) is 6.12. The summed E-state index contributed by atoms with van der Waals surface area (Å²) in [5, 5.41) is 13.3. The number of carboxylic acids is 1. The van der Waals surface area contributed by atoms with E-state index in [1.165, 1.54) is 0 Å². The second-order valence-corrected chi connectivity index (χ2v) is 5.49. The standard InChI is InChI=1S/C12H23N3O4/c1-12(2,3)14-11(19)13-9(16)8-15(4)7-5-6-10(17)18/h5-8H2,1-4H3,(H,17,18)(H2,13,14,16,19). The lowest BCUT2D eigenvalue weighted by molar-refractivity contribution is -0.137. The van der Waals surface area contributed by atoms with Gasteiger partial charge in [-0.15, -0.1) is 0 Å². The highest BCUT2D eigenvalue weighted by Crippen LogP contribution is 1.97. The zero-order chi connectivity index (χ0) is 15.1. The molecule has 3 amide bonds. The second kappa shape index (κ2) is 7.73. The van der Waals surface area contributed by atoms with Crippen molar-refractivity contribution in [2.45, 2.75) is 39.2 Å². The van der Waals surface area contributed by atoms with E-state index in [0.29, 0.717) is 13.0 Å². The smallest absolute Gasteiger partial charge is 0.321 e. The third-order valence-electron chi connectivity index (χ3n) is 2.09. The van der Waals surface area contributed by atoms with Crippen LogP contribution in [0.5, 0.6) is 0 Å². The maximum Gasteiger partial charge on any atom is 0.321 e. The Bertz CT molecular complexity index is 336. The molecule has 0 atom stereocenters. The molecule has 0 saturated carbocycles. The zero-order valence-corrected chi connectivity index (χ0v) is 11.9. The number of likely N-dealkylation sites (N-methyl/N-ethyl adjacent to an activating group) is 1. The van der Waals surface area contributed by atoms with Gasteiger partial charge in [0.25, 0.3) is 0 Å². The van der Waals surface area contributed by atoms with Gasteiger partial charge in [-0.2, -0.15) is 0 Å². The lowest BCUT2D eigenvalue weighted by Crippen LogP contribution is -2.50. The van der Waals surface area contributed by atoms with Crippen LogP contribution in [0, 0.1) is 0 Å². The van der Waals surface area contributed by atoms with Crippen LogP contribution in [0.3, 0.4) is 0 Å². The monoisotopic (exact) mass is 273 g/mol. The maximum atomic E-state index is 11.5. The number of imide groups is 1. The largest absolute Gasteiger partial charge is 0.481 e. The topological polar surface area (TPSA) is 98.7 Å². The summed E-state index contributed by atoms with van der Waals surface area (Å²) in [7, 11) is 1.70. The summed E-state index contributed by atoms with van der Waals surface area (Å²) in [6, 6.07) is -0.531. The third kappa shape index (κ3) is 11.2. The molecule has 19 heavy (non-hydrogen) atoms. The second-order valence-electron chi connectivity index (χ2n) is 5.49. The van der Waals surface area contributed by atoms with Crippen molar-refractivity contribution in [1.82, 2.24) is 15.5 Å². The highest BCUT2D eigenvalue weighted by molar-refractivity contribution is 5.95. The molecule has 0 bridgehead atoms. The number of carbonyl (C=O) groups excluding carboxylic acids is 2. The molecule has 0 aromatic rings. The van der Waals surface area contributed by atoms with Crippen molar-refractivity contribution in [3.05, 3.63) is 0 Å². The van der Waals surface area contributed by atoms with Crippen LogP contribution in [0.4, 0.5) is 4.79 Å². The lowest BCUT2D eigenvalue weighted by atomic mass is 10.1. The van der Waals surface area contributed by atoms with E-state index in [4.69, 9.17) is 5.11 Å². The van der Waals surface area contributed by atoms with Gasteiger partial charge in [-0.3, -0.25) is 19.8 Å². The van der Waals surface area contributed by atoms with Gasteiger partial charge in [0.2, 0.25) is 5.91 Å². The van der Waals surface area contributed by atoms with E-state index in [2.05, 4.69) is 10.6 Å². The first-order valence-electron chi connectivity index (χ1n) is 6.12. The fourth-order valence-electron chi connectivity index (χ4n) is 1.36. The average Bonchev–Trinajstić information content (AvgIpc) is 2.12. The van der Waals surface area contributed by atoms with E-state index in [9.17, 15) is 14.4 Å². The van der Waals surface area contributed by atoms with Crippen molar-refractivity contribution in [2.75, 3.05) is 20.1 Å². The van der Waals surface area contributed by atoms with Crippen molar-refractivity contribution < 1.29 is 19.5 Å². The third-order valence-corrected chi connectivity index (χ3v) is 2.09. The number of hydrogen-bond donors (Lipinski definition) is 3. The molecule has 0 radical (unpaired) electrons. The van der Waals surface area contributed by atoms with Crippen LogP contribution in [0.1, 0.15) is 33.6 Å². The van der Waals surface area contributed by atoms with Crippen molar-refractivity contribution in [1.29, 1.82) is 0 Å². The van der Waals surface area contributed by atoms with Gasteiger partial charge in [0.1, 0.15) is 0 Å². The highest BCUT2D eigenvalue weighted by Gasteiger charge is 2.16. The van der Waals surface area contributed by atoms with Crippen molar-refractivity contribution >= 4 is 17.9 Å². The maximum absolute atomic E-state index is 11.5. The lowest BCUT2D eigenvalue weighted by Gasteiger charge is -2.21. The molecule has 3 N–H and O–H groups in total. The molecule has 0 fully saturated rings. The minimum atomic E-state index is -0.859. The summed E-state index contributed by atoms with van der Waals surface area (Å²) in [5.41, 5.74) is -0.405. The van der Waals surface area contributed by atoms with Gasteiger partial charge in [0.15, 0.2) is 0 Å². The van der Waals surface area contributed by atoms with Gasteiger partial charge < -0.3 is 10.4 Å². The van der Waals surface area contributed by atoms with Crippen molar-refractivity contribution in [2.24, 2.45) is 0 Å². The minimum Gasteiger partial charge on any atom is -0.481 e. The molecule has 0 aliphatic heterocycles. The Morgan fingerprint density at radius 1 is 1.21 bits per heavy atom. The summed E-state index contributed by atoms with van der Waals surface area (Å²) < 4.78 is 0. The average molecular weight is 273 g/mol. The van der Waals surface area contributed by atoms with E-state index < -0.39 is 23.4 Å². The molecule has 7 nitrogen and oxygen atoms in total. The number of hydrogen-bond acceptors (Lipinski definition) is 4. The fraction of sp³-hybridized carbons (Fsp3) is 0.750. The number of nitrogens with one attached hydrogen (secondary N) is 2. The summed E-state index contributed by atoms with van der Waals surface area (Å²) in [5.74, 6) is -1.28. The van der Waals surface area contributed by atoms with E-state index >= 15 is 0 Å². The van der Waals surface area contributed by atoms with Gasteiger partial charge in [-0.1, -0.05) is 0 Å². The number of urea groups is 1. The molecule has 0 aromatic heterocycles. The molecule has 110 valence electrons. The number of carbonyl (C=O) groups is 3. The Kier molecular flexibility index (Phi) is 7.06. The van der Waals surface area contributed by atoms with Crippen LogP contribution >= 0.6 is 0 Å². The zero-order valence-electron chi connectivity index (χ0n) is 11.9. The molecular weight excluding hydrogens is 250 g/mol. The van der Waals surface area contributed by atoms with E-state index in [1.54, 1.807) is 11.9 Å². The van der Waals surface area contributed by atoms with Gasteiger partial charge in [0.05, 0.1) is 6.54 Å². The Morgan fingerprint density at radius 3 is 2.26 bits per heavy atom. The van der Waals surface area contributed by atoms with E-state index in [-0.39, 0.29) is 13.0 Å². The predicted molar refractivity (Wildman–Crippen MR) is 70.8 cm³/mol. The Labute approximate surface area is 113 Å². The van der Waals surface area contributed by atoms with Gasteiger partial charge in [0, 0.05) is 12.0 Å². The van der Waals surface area contributed by atoms with E-state index in [1.807, 2.05) is 20.8 Å². The normalized spacial score (nSPS) is 11.2. The number of aliphatic carboxylic acids is 1. The van der Waals surface area contributed by atoms with Crippen molar-refractivity contribution in [3.63, 3.8) is 0 Å². The minimum absolute atomic E-state index is 0.0528. The SMILES string of the molecule is CN(CCCC(=O)O)CC(=O)NC(=O)NC(C)(C)C. The van der Waals surface area contributed by atoms with Crippen LogP contribution in [-0.2, 0) is 9.59 Å². The van der Waals surface area contributed by atoms with Crippen LogP contribution in [0.15, 0.2) is 0 Å². The Morgan fingerprint density at radius 2 is 1.79 bits per heavy atom. The van der Waals surface area contributed by atoms with Gasteiger partial charge >= 0.3 is 12.0 Å². The molecule has 0 heterocycles. The van der Waals surface area contributed by atoms with Crippen LogP contribution < -0.4 is 10.6 Å². The Hall–Kier alpha value is -1.63. The van der Waals surface area contributed by atoms with Crippen LogP contribution in [0.25, 0.3) is 0 Å². The number of carboxylic acid groups (broad SMARTS) is 1. The molecule has 0 aromatic carbocycles. The number of rotatable bonds is 6. The van der Waals surface area contributed by atoms with Crippen molar-refractivity contribution in [3.8, 4) is 0 Å². The molecule has 0 unspecified atom stereocenters. The summed E-state index contributed by atoms with van der Waals surface area (Å²) in [6.45, 7) is 5.98. The molecule has 0 rings (SSSR count). The van der Waals surface area contributed by atoms with Crippen LogP contribution in [0.2, 0.25) is 0 Å². The summed E-state index contributed by atoms with van der Waals surface area (Å²) in [4.78, 5) is 34.9. The summed E-state index contributed by atoms with van der Waals surface area (Å²) in [6.07, 6.45) is 0.532. The first-order chi connectivity index (χ1) is 8.60. The predicted octanol–water partition coefficient (Wildman–Crippen LogP) is 0.407. The Balaban J connectivity index is 3.90. The fourth-order valence-corrected chi connectivity index (χ4v) is 1.36. The number of nitrogens with zero attached hydrogens (tertiary/aromatic N) is 1. The molecule has 0 spiro atoms. The van der Waals surface area contributed by atoms with Crippen LogP contribution in [-0.4, -0.2) is 53.6 Å². The number of amides is 3. The van der Waals surface area contributed by atoms with Gasteiger partial charge in [-0.05, 0) is 40.8 Å². The molecule has 0 aliphatic rings. The molecule has 0 aliphatic carbocycles. The highest BCUT2D eigenvalue weighted by atomic mass is 16.4. The molecular formula is C12H23N3O4. The molecule has 7 heteroatoms. The van der Waals surface area contributed by atoms with E-state index in [0.717, 1.165) is 0 Å².